The van der Waals surface area contributed by atoms with Crippen molar-refractivity contribution in [3.8, 4) is 0 Å². The molecule has 0 amide bonds. The predicted molar refractivity (Wildman–Crippen MR) is 74.0 cm³/mol. The van der Waals surface area contributed by atoms with Crippen LogP contribution in [-0.2, 0) is 6.54 Å². The van der Waals surface area contributed by atoms with E-state index in [0.29, 0.717) is 12.6 Å². The first-order valence-electron chi connectivity index (χ1n) is 6.38. The average Bonchev–Trinajstić information content (AvgIpc) is 3.12. The molecule has 1 aromatic rings. The lowest BCUT2D eigenvalue weighted by Gasteiger charge is -2.07. The molecule has 1 heterocycles. The zero-order chi connectivity index (χ0) is 13.0. The van der Waals surface area contributed by atoms with Gasteiger partial charge in [-0.3, -0.25) is 4.57 Å². The fourth-order valence-corrected chi connectivity index (χ4v) is 2.50. The monoisotopic (exact) mass is 268 g/mol. The Morgan fingerprint density at radius 3 is 3.11 bits per heavy atom. The van der Waals surface area contributed by atoms with Gasteiger partial charge in [0.2, 0.25) is 0 Å². The van der Waals surface area contributed by atoms with Crippen molar-refractivity contribution in [2.75, 3.05) is 12.3 Å². The molecule has 1 aliphatic rings. The summed E-state index contributed by atoms with van der Waals surface area (Å²) in [5.41, 5.74) is 1.02. The van der Waals surface area contributed by atoms with Crippen LogP contribution in [0.4, 0.5) is 0 Å². The van der Waals surface area contributed by atoms with Crippen molar-refractivity contribution in [3.05, 3.63) is 22.6 Å². The summed E-state index contributed by atoms with van der Waals surface area (Å²) in [6.07, 6.45) is 3.50. The third-order valence-corrected chi connectivity index (χ3v) is 3.92. The minimum atomic E-state index is -0.124. The van der Waals surface area contributed by atoms with Gasteiger partial charge in [0, 0.05) is 24.9 Å². The van der Waals surface area contributed by atoms with E-state index < -0.39 is 0 Å². The van der Waals surface area contributed by atoms with Gasteiger partial charge in [0.15, 0.2) is 5.16 Å². The third-order valence-electron chi connectivity index (χ3n) is 2.79. The summed E-state index contributed by atoms with van der Waals surface area (Å²) in [5, 5.41) is 10.7. The largest absolute Gasteiger partial charge is 0.343 e. The summed E-state index contributed by atoms with van der Waals surface area (Å²) >= 11 is 1.57. The molecule has 0 spiro atoms. The molecule has 0 saturated heterocycles. The molecule has 0 unspecified atom stereocenters. The van der Waals surface area contributed by atoms with Crippen molar-refractivity contribution in [2.45, 2.75) is 43.9 Å². The zero-order valence-electron chi connectivity index (χ0n) is 10.7. The first-order chi connectivity index (χ1) is 8.70. The number of hydrogen-bond donors (Lipinski definition) is 2. The van der Waals surface area contributed by atoms with Crippen LogP contribution < -0.4 is 11.0 Å². The molecule has 2 rings (SSSR count). The summed E-state index contributed by atoms with van der Waals surface area (Å²) in [5.74, 6) is 0.799. The second-order valence-corrected chi connectivity index (χ2v) is 5.60. The Hall–Kier alpha value is -1.01. The Morgan fingerprint density at radius 2 is 2.44 bits per heavy atom. The minimum absolute atomic E-state index is 0.124. The van der Waals surface area contributed by atoms with Crippen LogP contribution in [0.25, 0.3) is 0 Å². The minimum Gasteiger partial charge on any atom is -0.310 e. The Bertz CT molecular complexity index is 461. The Labute approximate surface area is 111 Å². The van der Waals surface area contributed by atoms with Crippen LogP contribution in [0.5, 0.6) is 0 Å². The van der Waals surface area contributed by atoms with Gasteiger partial charge in [-0.2, -0.15) is 0 Å². The fourth-order valence-electron chi connectivity index (χ4n) is 1.63. The van der Waals surface area contributed by atoms with Gasteiger partial charge < -0.3 is 5.32 Å². The Kier molecular flexibility index (Phi) is 4.66. The molecule has 100 valence electrons. The first kappa shape index (κ1) is 13.4. The van der Waals surface area contributed by atoms with Gasteiger partial charge in [0.25, 0.3) is 0 Å². The number of hydrogen-bond acceptors (Lipinski definition) is 4. The van der Waals surface area contributed by atoms with Gasteiger partial charge in [-0.1, -0.05) is 30.8 Å². The number of aromatic nitrogens is 3. The molecule has 1 aliphatic carbocycles. The maximum atomic E-state index is 11.5. The van der Waals surface area contributed by atoms with Gasteiger partial charge in [-0.15, -0.1) is 5.10 Å². The van der Waals surface area contributed by atoms with E-state index in [9.17, 15) is 4.79 Å². The van der Waals surface area contributed by atoms with E-state index in [-0.39, 0.29) is 5.69 Å². The van der Waals surface area contributed by atoms with Crippen molar-refractivity contribution >= 4 is 11.8 Å². The summed E-state index contributed by atoms with van der Waals surface area (Å²) < 4.78 is 1.69. The van der Waals surface area contributed by atoms with Crippen LogP contribution in [0.3, 0.4) is 0 Å². The van der Waals surface area contributed by atoms with Crippen LogP contribution in [0.15, 0.2) is 22.1 Å². The highest BCUT2D eigenvalue weighted by Gasteiger charge is 2.20. The lowest BCUT2D eigenvalue weighted by molar-refractivity contribution is 0.604. The van der Waals surface area contributed by atoms with Crippen molar-refractivity contribution in [1.82, 2.24) is 20.1 Å². The highest BCUT2D eigenvalue weighted by atomic mass is 32.2. The normalized spacial score (nSPS) is 14.9. The van der Waals surface area contributed by atoms with Crippen LogP contribution >= 0.6 is 11.8 Å². The summed E-state index contributed by atoms with van der Waals surface area (Å²) in [6.45, 7) is 7.67. The predicted octanol–water partition coefficient (Wildman–Crippen LogP) is 1.38. The zero-order valence-corrected chi connectivity index (χ0v) is 11.6. The summed E-state index contributed by atoms with van der Waals surface area (Å²) in [6, 6.07) is 0.704. The standard InChI is InChI=1S/C12H20N4OS/c1-3-6-16-11(17)14-15-12(16)18-8-9(2)7-13-10-4-5-10/h10,13H,2-8H2,1H3,(H,14,17). The van der Waals surface area contributed by atoms with Crippen LogP contribution in [-0.4, -0.2) is 33.1 Å². The molecule has 0 radical (unpaired) electrons. The van der Waals surface area contributed by atoms with E-state index in [0.717, 1.165) is 29.4 Å². The van der Waals surface area contributed by atoms with Gasteiger partial charge in [0.1, 0.15) is 0 Å². The second kappa shape index (κ2) is 6.24. The number of H-pyrrole nitrogens is 1. The molecule has 6 heteroatoms. The van der Waals surface area contributed by atoms with E-state index in [4.69, 9.17) is 0 Å². The van der Waals surface area contributed by atoms with Crippen molar-refractivity contribution in [1.29, 1.82) is 0 Å². The molecule has 1 aromatic heterocycles. The maximum Gasteiger partial charge on any atom is 0.343 e. The van der Waals surface area contributed by atoms with Crippen molar-refractivity contribution in [3.63, 3.8) is 0 Å². The van der Waals surface area contributed by atoms with E-state index in [1.54, 1.807) is 16.3 Å². The van der Waals surface area contributed by atoms with Crippen LogP contribution in [0.1, 0.15) is 26.2 Å². The molecule has 0 atom stereocenters. The number of nitrogens with zero attached hydrogens (tertiary/aromatic N) is 2. The smallest absolute Gasteiger partial charge is 0.310 e. The molecule has 1 fully saturated rings. The summed E-state index contributed by atoms with van der Waals surface area (Å²) in [7, 11) is 0. The number of rotatable bonds is 8. The lowest BCUT2D eigenvalue weighted by atomic mass is 10.3. The van der Waals surface area contributed by atoms with Gasteiger partial charge in [0.05, 0.1) is 0 Å². The molecule has 5 nitrogen and oxygen atoms in total. The molecule has 0 aliphatic heterocycles. The van der Waals surface area contributed by atoms with E-state index in [1.807, 2.05) is 6.92 Å². The SMILES string of the molecule is C=C(CNC1CC1)CSc1n[nH]c(=O)n1CCC. The topological polar surface area (TPSA) is 62.7 Å². The highest BCUT2D eigenvalue weighted by molar-refractivity contribution is 7.99. The van der Waals surface area contributed by atoms with Crippen molar-refractivity contribution < 1.29 is 0 Å². The third kappa shape index (κ3) is 3.74. The van der Waals surface area contributed by atoms with Gasteiger partial charge in [-0.25, -0.2) is 9.89 Å². The molecule has 18 heavy (non-hydrogen) atoms. The Morgan fingerprint density at radius 1 is 1.67 bits per heavy atom. The highest BCUT2D eigenvalue weighted by Crippen LogP contribution is 2.20. The molecule has 0 aromatic carbocycles. The fraction of sp³-hybridized carbons (Fsp3) is 0.667. The van der Waals surface area contributed by atoms with Crippen molar-refractivity contribution in [2.24, 2.45) is 0 Å². The Balaban J connectivity index is 1.81. The number of nitrogens with one attached hydrogen (secondary N) is 2. The quantitative estimate of drug-likeness (QED) is 0.552. The summed E-state index contributed by atoms with van der Waals surface area (Å²) in [4.78, 5) is 11.5. The lowest BCUT2D eigenvalue weighted by Crippen LogP contribution is -2.20. The van der Waals surface area contributed by atoms with E-state index in [1.165, 1.54) is 12.8 Å². The average molecular weight is 268 g/mol. The van der Waals surface area contributed by atoms with E-state index in [2.05, 4.69) is 22.1 Å². The first-order valence-corrected chi connectivity index (χ1v) is 7.37. The van der Waals surface area contributed by atoms with Crippen LogP contribution in [0, 0.1) is 0 Å². The van der Waals surface area contributed by atoms with E-state index >= 15 is 0 Å². The molecular weight excluding hydrogens is 248 g/mol. The maximum absolute atomic E-state index is 11.5. The molecule has 1 saturated carbocycles. The molecule has 2 N–H and O–H groups in total. The van der Waals surface area contributed by atoms with Crippen LogP contribution in [0.2, 0.25) is 0 Å². The number of thioether (sulfide) groups is 1. The van der Waals surface area contributed by atoms with Gasteiger partial charge >= 0.3 is 5.69 Å². The second-order valence-electron chi connectivity index (χ2n) is 4.66. The molecule has 0 bridgehead atoms. The number of aromatic amines is 1. The molecular formula is C12H20N4OS. The van der Waals surface area contributed by atoms with Gasteiger partial charge in [-0.05, 0) is 19.3 Å².